The lowest BCUT2D eigenvalue weighted by Gasteiger charge is -2.18. The topological polar surface area (TPSA) is 86.0 Å². The monoisotopic (exact) mass is 399 g/mol. The first-order valence-corrected chi connectivity index (χ1v) is 8.99. The number of ether oxygens (including phenoxy) is 1. The van der Waals surface area contributed by atoms with Gasteiger partial charge in [-0.15, -0.1) is 10.2 Å². The summed E-state index contributed by atoms with van der Waals surface area (Å²) in [6.07, 6.45) is 5.11. The van der Waals surface area contributed by atoms with Crippen LogP contribution < -0.4 is 0 Å². The van der Waals surface area contributed by atoms with Crippen molar-refractivity contribution in [3.8, 4) is 22.7 Å². The number of methoxy groups -OCH3 is 1. The molecule has 2 heterocycles. The van der Waals surface area contributed by atoms with E-state index in [1.165, 1.54) is 13.3 Å². The maximum Gasteiger partial charge on any atom is 0.251 e. The lowest BCUT2D eigenvalue weighted by Crippen LogP contribution is -2.18. The van der Waals surface area contributed by atoms with Crippen molar-refractivity contribution in [3.05, 3.63) is 55.5 Å². The molecule has 1 aromatic carbocycles. The number of alkyl halides is 2. The molecule has 1 N–H and O–H groups in total. The van der Waals surface area contributed by atoms with Crippen molar-refractivity contribution >= 4 is 5.57 Å². The van der Waals surface area contributed by atoms with Crippen molar-refractivity contribution < 1.29 is 18.6 Å². The molecule has 9 heteroatoms. The largest absolute Gasteiger partial charge is 0.507 e. The number of benzene rings is 1. The Labute approximate surface area is 165 Å². The summed E-state index contributed by atoms with van der Waals surface area (Å²) in [6.45, 7) is 3.89. The molecule has 29 heavy (non-hydrogen) atoms. The highest BCUT2D eigenvalue weighted by molar-refractivity contribution is 5.68. The molecular weight excluding hydrogens is 380 g/mol. The zero-order chi connectivity index (χ0) is 20.6. The van der Waals surface area contributed by atoms with Crippen LogP contribution in [0.5, 0.6) is 5.75 Å². The summed E-state index contributed by atoms with van der Waals surface area (Å²) in [7, 11) is 1.41. The molecule has 0 unspecified atom stereocenters. The number of nitrogens with zero attached hydrogens (tertiary/aromatic N) is 5. The van der Waals surface area contributed by atoms with Crippen LogP contribution in [0.1, 0.15) is 18.7 Å². The van der Waals surface area contributed by atoms with Gasteiger partial charge in [-0.25, -0.2) is 18.7 Å². The van der Waals surface area contributed by atoms with Gasteiger partial charge in [0, 0.05) is 49.9 Å². The molecule has 3 aromatic rings. The lowest BCUT2D eigenvalue weighted by atomic mass is 9.96. The Hall–Kier alpha value is -3.20. The van der Waals surface area contributed by atoms with E-state index in [4.69, 9.17) is 4.74 Å². The predicted molar refractivity (Wildman–Crippen MR) is 102 cm³/mol. The van der Waals surface area contributed by atoms with Crippen LogP contribution in [0, 0.1) is 5.92 Å². The molecule has 0 radical (unpaired) electrons. The van der Waals surface area contributed by atoms with Gasteiger partial charge < -0.3 is 14.4 Å². The second kappa shape index (κ2) is 7.32. The molecule has 0 aliphatic heterocycles. The van der Waals surface area contributed by atoms with Gasteiger partial charge >= 0.3 is 0 Å². The smallest absolute Gasteiger partial charge is 0.251 e. The van der Waals surface area contributed by atoms with E-state index in [1.54, 1.807) is 41.5 Å². The second-order valence-electron chi connectivity index (χ2n) is 7.01. The van der Waals surface area contributed by atoms with Gasteiger partial charge in [-0.05, 0) is 17.7 Å². The highest BCUT2D eigenvalue weighted by atomic mass is 19.3. The Kier molecular flexibility index (Phi) is 4.83. The van der Waals surface area contributed by atoms with Crippen molar-refractivity contribution in [1.82, 2.24) is 24.7 Å². The molecular formula is C20H19F2N5O2. The quantitative estimate of drug-likeness (QED) is 0.707. The second-order valence-corrected chi connectivity index (χ2v) is 7.01. The standard InChI is InChI=1S/C20H19F2N5O2/c1-12(15-8-20(21,22)9-18(15)29-2)19-24-10-16(25-26-19)14-4-3-13(7-17(14)28)27-6-5-23-11-27/h3-7,10-11,15,18,28H,1,8-9H2,2H3/t15-,18+/m1/s1. The molecule has 0 spiro atoms. The summed E-state index contributed by atoms with van der Waals surface area (Å²) in [6, 6.07) is 5.08. The van der Waals surface area contributed by atoms with E-state index in [9.17, 15) is 13.9 Å². The number of phenolic OH excluding ortho intramolecular Hbond substituents is 1. The molecule has 2 atom stereocenters. The minimum atomic E-state index is -2.80. The molecule has 2 aromatic heterocycles. The van der Waals surface area contributed by atoms with Gasteiger partial charge in [0.25, 0.3) is 5.92 Å². The van der Waals surface area contributed by atoms with Crippen molar-refractivity contribution in [2.75, 3.05) is 7.11 Å². The number of aromatic hydroxyl groups is 1. The maximum absolute atomic E-state index is 13.8. The molecule has 1 saturated carbocycles. The van der Waals surface area contributed by atoms with E-state index in [0.717, 1.165) is 5.69 Å². The summed E-state index contributed by atoms with van der Waals surface area (Å²) in [4.78, 5) is 8.20. The van der Waals surface area contributed by atoms with Crippen LogP contribution in [0.3, 0.4) is 0 Å². The number of aromatic nitrogens is 5. The third-order valence-corrected chi connectivity index (χ3v) is 5.13. The Morgan fingerprint density at radius 2 is 2.14 bits per heavy atom. The van der Waals surface area contributed by atoms with Gasteiger partial charge in [0.05, 0.1) is 24.3 Å². The summed E-state index contributed by atoms with van der Waals surface area (Å²) in [5.74, 6) is -3.18. The minimum Gasteiger partial charge on any atom is -0.507 e. The van der Waals surface area contributed by atoms with Gasteiger partial charge in [0.2, 0.25) is 0 Å². The molecule has 7 nitrogen and oxygen atoms in total. The fraction of sp³-hybridized carbons (Fsp3) is 0.300. The van der Waals surface area contributed by atoms with Gasteiger partial charge in [0.15, 0.2) is 5.82 Å². The molecule has 1 aliphatic rings. The van der Waals surface area contributed by atoms with Gasteiger partial charge in [-0.1, -0.05) is 6.58 Å². The zero-order valence-electron chi connectivity index (χ0n) is 15.7. The molecule has 0 amide bonds. The summed E-state index contributed by atoms with van der Waals surface area (Å²) < 4.78 is 34.5. The van der Waals surface area contributed by atoms with Crippen molar-refractivity contribution in [3.63, 3.8) is 0 Å². The Bertz CT molecular complexity index is 1020. The Morgan fingerprint density at radius 1 is 1.31 bits per heavy atom. The van der Waals surface area contributed by atoms with Crippen LogP contribution in [-0.2, 0) is 4.74 Å². The van der Waals surface area contributed by atoms with Gasteiger partial charge in [-0.3, -0.25) is 0 Å². The highest BCUT2D eigenvalue weighted by Gasteiger charge is 2.48. The molecule has 0 saturated heterocycles. The lowest BCUT2D eigenvalue weighted by molar-refractivity contribution is -0.00992. The molecule has 4 rings (SSSR count). The fourth-order valence-corrected chi connectivity index (χ4v) is 3.59. The van der Waals surface area contributed by atoms with E-state index in [0.29, 0.717) is 16.8 Å². The molecule has 150 valence electrons. The van der Waals surface area contributed by atoms with E-state index in [2.05, 4.69) is 26.7 Å². The number of rotatable bonds is 5. The Morgan fingerprint density at radius 3 is 2.76 bits per heavy atom. The van der Waals surface area contributed by atoms with Crippen molar-refractivity contribution in [2.24, 2.45) is 5.92 Å². The predicted octanol–water partition coefficient (Wildman–Crippen LogP) is 3.50. The SMILES string of the molecule is C=C(c1ncc(-c2ccc(-n3ccnc3)cc2O)nn1)[C@H]1CC(F)(F)C[C@@H]1OC. The fourth-order valence-electron chi connectivity index (χ4n) is 3.59. The number of phenols is 1. The number of halogens is 2. The zero-order valence-corrected chi connectivity index (χ0v) is 15.7. The average molecular weight is 399 g/mol. The maximum atomic E-state index is 13.8. The van der Waals surface area contributed by atoms with E-state index >= 15 is 0 Å². The number of imidazole rings is 1. The highest BCUT2D eigenvalue weighted by Crippen LogP contribution is 2.45. The van der Waals surface area contributed by atoms with Crippen LogP contribution in [0.25, 0.3) is 22.5 Å². The summed E-state index contributed by atoms with van der Waals surface area (Å²) >= 11 is 0. The van der Waals surface area contributed by atoms with Crippen LogP contribution in [0.4, 0.5) is 8.78 Å². The summed E-state index contributed by atoms with van der Waals surface area (Å²) in [5.41, 5.74) is 1.92. The third kappa shape index (κ3) is 3.73. The first-order valence-electron chi connectivity index (χ1n) is 8.99. The third-order valence-electron chi connectivity index (χ3n) is 5.13. The van der Waals surface area contributed by atoms with Gasteiger partial charge in [-0.2, -0.15) is 0 Å². The first-order chi connectivity index (χ1) is 13.9. The van der Waals surface area contributed by atoms with Crippen LogP contribution in [-0.4, -0.2) is 49.0 Å². The minimum absolute atomic E-state index is 0.00811. The first kappa shape index (κ1) is 19.1. The summed E-state index contributed by atoms with van der Waals surface area (Å²) in [5, 5.41) is 18.5. The van der Waals surface area contributed by atoms with Crippen LogP contribution >= 0.6 is 0 Å². The molecule has 0 bridgehead atoms. The molecule has 1 fully saturated rings. The van der Waals surface area contributed by atoms with Gasteiger partial charge in [0.1, 0.15) is 11.4 Å². The van der Waals surface area contributed by atoms with E-state index < -0.39 is 17.9 Å². The molecule has 1 aliphatic carbocycles. The number of hydrogen-bond acceptors (Lipinski definition) is 6. The van der Waals surface area contributed by atoms with Crippen LogP contribution in [0.15, 0.2) is 49.7 Å². The normalized spacial score (nSPS) is 20.7. The Balaban J connectivity index is 1.56. The van der Waals surface area contributed by atoms with Crippen LogP contribution in [0.2, 0.25) is 0 Å². The van der Waals surface area contributed by atoms with Crippen molar-refractivity contribution in [1.29, 1.82) is 0 Å². The number of hydrogen-bond donors (Lipinski definition) is 1. The van der Waals surface area contributed by atoms with Crippen molar-refractivity contribution in [2.45, 2.75) is 24.9 Å². The van der Waals surface area contributed by atoms with E-state index in [-0.39, 0.29) is 24.4 Å². The average Bonchev–Trinajstić information content (AvgIpc) is 3.35. The van der Waals surface area contributed by atoms with E-state index in [1.807, 2.05) is 0 Å².